The van der Waals surface area contributed by atoms with E-state index in [0.29, 0.717) is 12.3 Å². The number of hydrogen-bond donors (Lipinski definition) is 3. The molecular formula is C11H21NO3S. The maximum atomic E-state index is 11.4. The molecule has 0 saturated heterocycles. The molecule has 4 nitrogen and oxygen atoms in total. The monoisotopic (exact) mass is 247 g/mol. The molecule has 0 aliphatic heterocycles. The van der Waals surface area contributed by atoms with Crippen LogP contribution in [0.25, 0.3) is 0 Å². The molecule has 0 heterocycles. The van der Waals surface area contributed by atoms with Crippen LogP contribution in [0, 0.1) is 5.92 Å². The Morgan fingerprint density at radius 1 is 1.56 bits per heavy atom. The van der Waals surface area contributed by atoms with Crippen LogP contribution in [-0.4, -0.2) is 46.4 Å². The lowest BCUT2D eigenvalue weighted by Gasteiger charge is -2.30. The summed E-state index contributed by atoms with van der Waals surface area (Å²) in [6, 6.07) is 0. The van der Waals surface area contributed by atoms with Crippen molar-refractivity contribution >= 4 is 17.7 Å². The van der Waals surface area contributed by atoms with Gasteiger partial charge in [0.25, 0.3) is 0 Å². The van der Waals surface area contributed by atoms with Crippen LogP contribution in [0.1, 0.15) is 26.2 Å². The smallest absolute Gasteiger partial charge is 0.325 e. The Labute approximate surface area is 101 Å². The highest BCUT2D eigenvalue weighted by atomic mass is 32.2. The third-order valence-corrected chi connectivity index (χ3v) is 4.16. The average Bonchev–Trinajstić information content (AvgIpc) is 3.06. The molecule has 1 atom stereocenters. The van der Waals surface area contributed by atoms with Crippen LogP contribution in [0.4, 0.5) is 0 Å². The molecule has 1 rings (SSSR count). The maximum absolute atomic E-state index is 11.4. The van der Waals surface area contributed by atoms with Gasteiger partial charge in [-0.3, -0.25) is 4.79 Å². The molecule has 0 amide bonds. The Bertz CT molecular complexity index is 233. The summed E-state index contributed by atoms with van der Waals surface area (Å²) in [5, 5.41) is 21.2. The molecule has 1 aliphatic rings. The van der Waals surface area contributed by atoms with Gasteiger partial charge in [-0.05, 0) is 37.5 Å². The lowest BCUT2D eigenvalue weighted by molar-refractivity contribution is -0.144. The van der Waals surface area contributed by atoms with Gasteiger partial charge in [-0.15, -0.1) is 0 Å². The van der Waals surface area contributed by atoms with Gasteiger partial charge in [0.15, 0.2) is 0 Å². The van der Waals surface area contributed by atoms with Crippen molar-refractivity contribution in [3.05, 3.63) is 0 Å². The zero-order chi connectivity index (χ0) is 12.0. The number of aliphatic hydroxyl groups excluding tert-OH is 1. The summed E-state index contributed by atoms with van der Waals surface area (Å²) in [6.07, 6.45) is 2.76. The van der Waals surface area contributed by atoms with Gasteiger partial charge in [-0.2, -0.15) is 11.8 Å². The normalized spacial score (nSPS) is 19.4. The Balaban J connectivity index is 2.50. The Kier molecular flexibility index (Phi) is 5.58. The first-order chi connectivity index (χ1) is 7.67. The number of aliphatic hydroxyl groups is 1. The van der Waals surface area contributed by atoms with E-state index in [-0.39, 0.29) is 12.5 Å². The van der Waals surface area contributed by atoms with E-state index >= 15 is 0 Å². The van der Waals surface area contributed by atoms with E-state index in [0.717, 1.165) is 25.0 Å². The van der Waals surface area contributed by atoms with Crippen LogP contribution in [0.15, 0.2) is 0 Å². The van der Waals surface area contributed by atoms with Crippen molar-refractivity contribution in [2.24, 2.45) is 5.92 Å². The molecule has 5 heteroatoms. The molecule has 3 N–H and O–H groups in total. The molecule has 1 unspecified atom stereocenters. The van der Waals surface area contributed by atoms with Crippen molar-refractivity contribution in [2.75, 3.05) is 24.7 Å². The van der Waals surface area contributed by atoms with Gasteiger partial charge in [0.1, 0.15) is 5.54 Å². The molecule has 0 aromatic rings. The van der Waals surface area contributed by atoms with Crippen molar-refractivity contribution < 1.29 is 15.0 Å². The first-order valence-electron chi connectivity index (χ1n) is 5.84. The minimum atomic E-state index is -0.741. The maximum Gasteiger partial charge on any atom is 0.325 e. The molecule has 1 aliphatic carbocycles. The van der Waals surface area contributed by atoms with Crippen molar-refractivity contribution in [1.82, 2.24) is 5.32 Å². The topological polar surface area (TPSA) is 69.6 Å². The number of thioether (sulfide) groups is 1. The van der Waals surface area contributed by atoms with Crippen molar-refractivity contribution in [3.8, 4) is 0 Å². The average molecular weight is 247 g/mol. The fourth-order valence-corrected chi connectivity index (χ4v) is 3.18. The molecule has 0 radical (unpaired) electrons. The summed E-state index contributed by atoms with van der Waals surface area (Å²) in [7, 11) is 0. The number of hydrogen-bond acceptors (Lipinski definition) is 4. The van der Waals surface area contributed by atoms with Crippen LogP contribution in [-0.2, 0) is 4.79 Å². The molecule has 16 heavy (non-hydrogen) atoms. The molecule has 0 spiro atoms. The molecule has 1 fully saturated rings. The van der Waals surface area contributed by atoms with Crippen LogP contribution in [0.3, 0.4) is 0 Å². The van der Waals surface area contributed by atoms with Crippen LogP contribution in [0.5, 0.6) is 0 Å². The van der Waals surface area contributed by atoms with Crippen molar-refractivity contribution in [2.45, 2.75) is 31.7 Å². The highest BCUT2D eigenvalue weighted by Crippen LogP contribution is 2.41. The summed E-state index contributed by atoms with van der Waals surface area (Å²) >= 11 is 1.62. The van der Waals surface area contributed by atoms with E-state index in [9.17, 15) is 9.90 Å². The third kappa shape index (κ3) is 3.37. The van der Waals surface area contributed by atoms with Gasteiger partial charge in [-0.25, -0.2) is 0 Å². The quantitative estimate of drug-likeness (QED) is 0.529. The summed E-state index contributed by atoms with van der Waals surface area (Å²) in [5.41, 5.74) is -0.741. The molecule has 0 aromatic carbocycles. The van der Waals surface area contributed by atoms with Crippen LogP contribution in [0.2, 0.25) is 0 Å². The Morgan fingerprint density at radius 2 is 2.25 bits per heavy atom. The number of aliphatic carboxylic acids is 1. The standard InChI is InChI=1S/C11H21NO3S/c1-2-12-11(10(14)15,9-4-5-9)8-16-7-3-6-13/h9,12-13H,2-8H2,1H3,(H,14,15). The molecular weight excluding hydrogens is 226 g/mol. The van der Waals surface area contributed by atoms with Gasteiger partial charge in [-0.1, -0.05) is 6.92 Å². The Hall–Kier alpha value is -0.260. The number of carboxylic acids is 1. The number of rotatable bonds is 9. The van der Waals surface area contributed by atoms with Crippen molar-refractivity contribution in [3.63, 3.8) is 0 Å². The van der Waals surface area contributed by atoms with E-state index < -0.39 is 11.5 Å². The first kappa shape index (κ1) is 13.8. The third-order valence-electron chi connectivity index (χ3n) is 2.92. The highest BCUT2D eigenvalue weighted by molar-refractivity contribution is 7.99. The number of carboxylic acid groups (broad SMARTS) is 1. The van der Waals surface area contributed by atoms with Gasteiger partial charge in [0, 0.05) is 12.4 Å². The van der Waals surface area contributed by atoms with Gasteiger partial charge < -0.3 is 15.5 Å². The van der Waals surface area contributed by atoms with Gasteiger partial charge in [0.2, 0.25) is 0 Å². The lowest BCUT2D eigenvalue weighted by Crippen LogP contribution is -2.56. The molecule has 0 bridgehead atoms. The highest BCUT2D eigenvalue weighted by Gasteiger charge is 2.50. The second-order valence-corrected chi connectivity index (χ2v) is 5.32. The minimum absolute atomic E-state index is 0.178. The fraction of sp³-hybridized carbons (Fsp3) is 0.909. The predicted octanol–water partition coefficient (Wildman–Crippen LogP) is 0.945. The first-order valence-corrected chi connectivity index (χ1v) is 7.00. The second kappa shape index (κ2) is 6.47. The summed E-state index contributed by atoms with van der Waals surface area (Å²) < 4.78 is 0. The summed E-state index contributed by atoms with van der Waals surface area (Å²) in [6.45, 7) is 2.81. The van der Waals surface area contributed by atoms with E-state index in [1.54, 1.807) is 11.8 Å². The van der Waals surface area contributed by atoms with E-state index in [1.165, 1.54) is 0 Å². The number of likely N-dealkylation sites (N-methyl/N-ethyl adjacent to an activating group) is 1. The van der Waals surface area contributed by atoms with Crippen molar-refractivity contribution in [1.29, 1.82) is 0 Å². The zero-order valence-electron chi connectivity index (χ0n) is 9.74. The molecule has 94 valence electrons. The predicted molar refractivity (Wildman–Crippen MR) is 65.8 cm³/mol. The summed E-state index contributed by atoms with van der Waals surface area (Å²) in [4.78, 5) is 11.4. The van der Waals surface area contributed by atoms with E-state index in [2.05, 4.69) is 5.32 Å². The Morgan fingerprint density at radius 3 is 2.69 bits per heavy atom. The molecule has 0 aromatic heterocycles. The van der Waals surface area contributed by atoms with E-state index in [4.69, 9.17) is 5.11 Å². The van der Waals surface area contributed by atoms with Gasteiger partial charge >= 0.3 is 5.97 Å². The fourth-order valence-electron chi connectivity index (χ4n) is 1.92. The van der Waals surface area contributed by atoms with Gasteiger partial charge in [0.05, 0.1) is 0 Å². The van der Waals surface area contributed by atoms with E-state index in [1.807, 2.05) is 6.92 Å². The zero-order valence-corrected chi connectivity index (χ0v) is 10.6. The number of carbonyl (C=O) groups is 1. The lowest BCUT2D eigenvalue weighted by atomic mass is 9.96. The summed E-state index contributed by atoms with van der Waals surface area (Å²) in [5.74, 6) is 0.977. The molecule has 1 saturated carbocycles. The minimum Gasteiger partial charge on any atom is -0.480 e. The van der Waals surface area contributed by atoms with Crippen LogP contribution >= 0.6 is 11.8 Å². The SMILES string of the molecule is CCNC(CSCCCO)(C(=O)O)C1CC1. The largest absolute Gasteiger partial charge is 0.480 e. The number of nitrogens with one attached hydrogen (secondary N) is 1. The second-order valence-electron chi connectivity index (χ2n) is 4.21. The van der Waals surface area contributed by atoms with Crippen LogP contribution < -0.4 is 5.32 Å².